The van der Waals surface area contributed by atoms with Gasteiger partial charge in [-0.1, -0.05) is 0 Å². The Morgan fingerprint density at radius 3 is 0.729 bits per heavy atom. The summed E-state index contributed by atoms with van der Waals surface area (Å²) >= 11 is 37.2. The molecule has 0 unspecified atom stereocenters. The van der Waals surface area contributed by atoms with Crippen LogP contribution in [0.15, 0.2) is 87.7 Å². The molecule has 0 fully saturated rings. The van der Waals surface area contributed by atoms with E-state index in [1.807, 2.05) is 48.5 Å². The van der Waals surface area contributed by atoms with Gasteiger partial charge in [-0.05, 0) is 48.5 Å². The first-order chi connectivity index (χ1) is 23.0. The summed E-state index contributed by atoms with van der Waals surface area (Å²) in [4.78, 5) is 42.4. The van der Waals surface area contributed by atoms with E-state index in [0.717, 1.165) is 43.8 Å². The zero-order chi connectivity index (χ0) is 33.2. The van der Waals surface area contributed by atoms with Crippen LogP contribution in [0.1, 0.15) is 0 Å². The Hall–Kier alpha value is -2.96. The van der Waals surface area contributed by atoms with Gasteiger partial charge in [0.1, 0.15) is 22.6 Å². The average Bonchev–Trinajstić information content (AvgIpc) is 3.74. The number of thiol groups is 8. The molecule has 0 atom stereocenters. The quantitative estimate of drug-likeness (QED) is 0.0706. The van der Waals surface area contributed by atoms with Crippen molar-refractivity contribution in [2.24, 2.45) is 0 Å². The van der Waals surface area contributed by atoms with Gasteiger partial charge in [-0.15, -0.1) is 101 Å². The molecule has 0 radical (unpaired) electrons. The number of hydrogen-bond acceptors (Lipinski definition) is 14. The second kappa shape index (κ2) is 11.3. The Labute approximate surface area is 315 Å². The zero-order valence-electron chi connectivity index (χ0n) is 23.9. The van der Waals surface area contributed by atoms with Crippen molar-refractivity contribution in [2.45, 2.75) is 39.2 Å². The van der Waals surface area contributed by atoms with Gasteiger partial charge in [0.15, 0.2) is 23.3 Å². The summed E-state index contributed by atoms with van der Waals surface area (Å²) in [5, 5.41) is 3.13. The van der Waals surface area contributed by atoms with Crippen molar-refractivity contribution in [3.8, 4) is 45.6 Å². The highest BCUT2D eigenvalue weighted by Gasteiger charge is 2.24. The van der Waals surface area contributed by atoms with Gasteiger partial charge < -0.3 is 9.97 Å². The molecule has 0 saturated carbocycles. The molecule has 9 rings (SSSR count). The Kier molecular flexibility index (Phi) is 7.30. The number of rotatable bonds is 0. The number of benzene rings is 4. The van der Waals surface area contributed by atoms with Crippen molar-refractivity contribution < 1.29 is 0 Å². The summed E-state index contributed by atoms with van der Waals surface area (Å²) in [6, 6.07) is 15.2. The molecule has 7 aromatic rings. The van der Waals surface area contributed by atoms with E-state index in [-0.39, 0.29) is 0 Å². The number of nitrogens with one attached hydrogen (secondary N) is 2. The van der Waals surface area contributed by atoms with Crippen molar-refractivity contribution in [1.29, 1.82) is 0 Å². The van der Waals surface area contributed by atoms with Crippen molar-refractivity contribution in [2.75, 3.05) is 0 Å². The number of H-pyrrole nitrogens is 2. The van der Waals surface area contributed by atoms with Crippen LogP contribution in [0.4, 0.5) is 0 Å². The Morgan fingerprint density at radius 1 is 0.292 bits per heavy atom. The second-order valence-corrected chi connectivity index (χ2v) is 15.0. The Morgan fingerprint density at radius 2 is 0.500 bits per heavy atom. The van der Waals surface area contributed by atoms with E-state index in [2.05, 4.69) is 111 Å². The molecule has 2 aliphatic rings. The second-order valence-electron chi connectivity index (χ2n) is 11.2. The first-order valence-electron chi connectivity index (χ1n) is 14.1. The van der Waals surface area contributed by atoms with Gasteiger partial charge in [-0.2, -0.15) is 0 Å². The molecule has 0 aliphatic carbocycles. The van der Waals surface area contributed by atoms with Gasteiger partial charge in [-0.25, -0.2) is 29.9 Å². The maximum Gasteiger partial charge on any atom is 0.164 e. The van der Waals surface area contributed by atoms with E-state index in [9.17, 15) is 0 Å². The standard InChI is InChI=1S/C32H18N8S8/c41-17-1-9-10(2-18(17)42)26-33-25(9)37-27-11-3-19(43)20(44)4-12(11)29(34-27)39-31-15-7-23(47)24(48)8-16(15)32(36-31)40-30-14-6-22(46)21(45)5-13(14)28(35-30)38-26/h1-8,41-48H,(H2,33,34,35,36,37,38,39,40). The fourth-order valence-electron chi connectivity index (χ4n) is 5.88. The highest BCUT2D eigenvalue weighted by molar-refractivity contribution is 7.84. The molecule has 8 bridgehead atoms. The van der Waals surface area contributed by atoms with Crippen LogP contribution < -0.4 is 0 Å². The predicted molar refractivity (Wildman–Crippen MR) is 214 cm³/mol. The fraction of sp³-hybridized carbons (Fsp3) is 0. The molecule has 0 spiro atoms. The van der Waals surface area contributed by atoms with E-state index < -0.39 is 0 Å². The first-order valence-corrected chi connectivity index (χ1v) is 17.7. The van der Waals surface area contributed by atoms with Crippen molar-refractivity contribution in [3.63, 3.8) is 0 Å². The van der Waals surface area contributed by atoms with E-state index in [4.69, 9.17) is 29.9 Å². The minimum atomic E-state index is 0.443. The van der Waals surface area contributed by atoms with Crippen LogP contribution >= 0.6 is 101 Å². The zero-order valence-corrected chi connectivity index (χ0v) is 31.0. The number of aromatic amines is 2. The van der Waals surface area contributed by atoms with Crippen molar-refractivity contribution in [1.82, 2.24) is 39.9 Å². The third kappa shape index (κ3) is 4.87. The molecule has 16 heteroatoms. The fourth-order valence-corrected chi connectivity index (χ4v) is 7.43. The lowest BCUT2D eigenvalue weighted by Crippen LogP contribution is -1.85. The van der Waals surface area contributed by atoms with Crippen LogP contribution in [0.25, 0.3) is 89.7 Å². The Balaban J connectivity index is 1.52. The lowest BCUT2D eigenvalue weighted by molar-refractivity contribution is 1.19. The third-order valence-corrected chi connectivity index (χ3v) is 11.9. The maximum absolute atomic E-state index is 5.05. The molecule has 3 aromatic heterocycles. The smallest absolute Gasteiger partial charge is 0.164 e. The van der Waals surface area contributed by atoms with Crippen LogP contribution in [-0.4, -0.2) is 39.9 Å². The number of fused-ring (bicyclic) bond motifs is 20. The van der Waals surface area contributed by atoms with Gasteiger partial charge in [0.05, 0.1) is 0 Å². The lowest BCUT2D eigenvalue weighted by atomic mass is 10.1. The SMILES string of the molecule is Sc1cc2c(cc1S)-c1nc-2nc2[nH]c(nc3nc(nc4[nH]c(n1)c1cc(S)c(S)cc41)-c1cc(S)c(S)cc1-3)c1cc(S)c(S)cc21. The summed E-state index contributed by atoms with van der Waals surface area (Å²) in [7, 11) is 0. The van der Waals surface area contributed by atoms with Crippen LogP contribution in [-0.2, 0) is 0 Å². The molecule has 234 valence electrons. The molecule has 48 heavy (non-hydrogen) atoms. The minimum Gasteiger partial charge on any atom is -0.324 e. The van der Waals surface area contributed by atoms with Crippen LogP contribution in [0.2, 0.25) is 0 Å². The summed E-state index contributed by atoms with van der Waals surface area (Å²) in [6.07, 6.45) is 0. The van der Waals surface area contributed by atoms with Gasteiger partial charge in [-0.3, -0.25) is 0 Å². The highest BCUT2D eigenvalue weighted by atomic mass is 32.1. The summed E-state index contributed by atoms with van der Waals surface area (Å²) < 4.78 is 0. The first kappa shape index (κ1) is 31.1. The minimum absolute atomic E-state index is 0.443. The normalized spacial score (nSPS) is 12.2. The van der Waals surface area contributed by atoms with Gasteiger partial charge in [0.2, 0.25) is 0 Å². The van der Waals surface area contributed by atoms with Crippen LogP contribution in [0.5, 0.6) is 0 Å². The lowest BCUT2D eigenvalue weighted by Gasteiger charge is -2.03. The van der Waals surface area contributed by atoms with Crippen molar-refractivity contribution in [3.05, 3.63) is 48.5 Å². The molecule has 0 amide bonds. The number of nitrogens with zero attached hydrogens (tertiary/aromatic N) is 6. The van der Waals surface area contributed by atoms with Gasteiger partial charge in [0.25, 0.3) is 0 Å². The molecule has 2 N–H and O–H groups in total. The maximum atomic E-state index is 5.05. The third-order valence-electron chi connectivity index (χ3n) is 8.21. The predicted octanol–water partition coefficient (Wildman–Crippen LogP) is 9.18. The molecule has 0 saturated heterocycles. The summed E-state index contributed by atoms with van der Waals surface area (Å²) in [5.74, 6) is 1.77. The summed E-state index contributed by atoms with van der Waals surface area (Å²) in [5.41, 5.74) is 5.14. The van der Waals surface area contributed by atoms with Crippen LogP contribution in [0, 0.1) is 0 Å². The largest absolute Gasteiger partial charge is 0.324 e. The molecule has 2 aliphatic heterocycles. The topological polar surface area (TPSA) is 109 Å². The van der Waals surface area contributed by atoms with E-state index in [1.165, 1.54) is 0 Å². The summed E-state index contributed by atoms with van der Waals surface area (Å²) in [6.45, 7) is 0. The molecular formula is C32H18N8S8. The van der Waals surface area contributed by atoms with Crippen LogP contribution in [0.3, 0.4) is 0 Å². The molecular weight excluding hydrogens is 753 g/mol. The highest BCUT2D eigenvalue weighted by Crippen LogP contribution is 2.41. The molecule has 8 nitrogen and oxygen atoms in total. The van der Waals surface area contributed by atoms with E-state index in [0.29, 0.717) is 85.1 Å². The van der Waals surface area contributed by atoms with E-state index in [1.54, 1.807) is 0 Å². The van der Waals surface area contributed by atoms with Crippen molar-refractivity contribution >= 4 is 145 Å². The monoisotopic (exact) mass is 770 g/mol. The van der Waals surface area contributed by atoms with Gasteiger partial charge in [0, 0.05) is 83.0 Å². The number of hydrogen-bond donors (Lipinski definition) is 10. The molecule has 4 aromatic carbocycles. The Bertz CT molecular complexity index is 2420. The molecule has 5 heterocycles. The average molecular weight is 771 g/mol. The number of aromatic nitrogens is 8. The van der Waals surface area contributed by atoms with Gasteiger partial charge >= 0.3 is 0 Å². The van der Waals surface area contributed by atoms with E-state index >= 15 is 0 Å².